The van der Waals surface area contributed by atoms with Gasteiger partial charge in [-0.3, -0.25) is 14.4 Å². The Hall–Kier alpha value is -1.97. The number of carbonyl (C=O) groups is 3. The van der Waals surface area contributed by atoms with Crippen molar-refractivity contribution in [2.45, 2.75) is 72.1 Å². The maximum atomic E-state index is 12.3. The summed E-state index contributed by atoms with van der Waals surface area (Å²) in [5, 5.41) is 0. The Bertz CT molecular complexity index is 573. The van der Waals surface area contributed by atoms with Gasteiger partial charge in [0.05, 0.1) is 11.5 Å². The fraction of sp³-hybridized carbons (Fsp3) is 0.571. The number of ketones is 1. The summed E-state index contributed by atoms with van der Waals surface area (Å²) in [6, 6.07) is 4.71. The molecule has 0 unspecified atom stereocenters. The first-order valence-electron chi connectivity index (χ1n) is 9.41. The third-order valence-corrected chi connectivity index (χ3v) is 4.50. The molecule has 4 nitrogen and oxygen atoms in total. The molecule has 1 aromatic carbocycles. The van der Waals surface area contributed by atoms with Crippen LogP contribution in [0.3, 0.4) is 0 Å². The van der Waals surface area contributed by atoms with Gasteiger partial charge in [-0.15, -0.1) is 0 Å². The molecule has 1 aromatic rings. The molecule has 0 aromatic heterocycles. The minimum absolute atomic E-state index is 0.0254. The van der Waals surface area contributed by atoms with Crippen LogP contribution in [-0.2, 0) is 4.79 Å². The second-order valence-corrected chi connectivity index (χ2v) is 6.39. The van der Waals surface area contributed by atoms with Gasteiger partial charge in [-0.25, -0.2) is 0 Å². The van der Waals surface area contributed by atoms with E-state index in [2.05, 4.69) is 6.92 Å². The van der Waals surface area contributed by atoms with E-state index in [4.69, 9.17) is 4.74 Å². The van der Waals surface area contributed by atoms with Crippen LogP contribution in [0, 0.1) is 5.92 Å². The molecular formula is C21H30O4. The van der Waals surface area contributed by atoms with Crippen molar-refractivity contribution in [2.75, 3.05) is 0 Å². The summed E-state index contributed by atoms with van der Waals surface area (Å²) in [5.74, 6) is -0.254. The van der Waals surface area contributed by atoms with Crippen LogP contribution in [0.2, 0.25) is 0 Å². The topological polar surface area (TPSA) is 60.4 Å². The van der Waals surface area contributed by atoms with Crippen LogP contribution < -0.4 is 4.74 Å². The highest BCUT2D eigenvalue weighted by molar-refractivity contribution is 5.98. The first kappa shape index (κ1) is 21.1. The highest BCUT2D eigenvalue weighted by Gasteiger charge is 2.19. The minimum Gasteiger partial charge on any atom is -0.426 e. The molecule has 0 saturated carbocycles. The Morgan fingerprint density at radius 2 is 1.72 bits per heavy atom. The van der Waals surface area contributed by atoms with Crippen molar-refractivity contribution < 1.29 is 19.1 Å². The minimum atomic E-state index is -0.330. The molecule has 0 heterocycles. The van der Waals surface area contributed by atoms with Crippen LogP contribution >= 0.6 is 0 Å². The molecule has 1 rings (SSSR count). The number of carbonyl (C=O) groups excluding carboxylic acids is 3. The number of benzene rings is 1. The molecular weight excluding hydrogens is 316 g/mol. The van der Waals surface area contributed by atoms with E-state index in [9.17, 15) is 14.4 Å². The number of hydrogen-bond acceptors (Lipinski definition) is 4. The summed E-state index contributed by atoms with van der Waals surface area (Å²) in [4.78, 5) is 35.7. The second-order valence-electron chi connectivity index (χ2n) is 6.39. The first-order valence-corrected chi connectivity index (χ1v) is 9.41. The van der Waals surface area contributed by atoms with Gasteiger partial charge in [0.1, 0.15) is 5.75 Å². The maximum Gasteiger partial charge on any atom is 0.314 e. The van der Waals surface area contributed by atoms with E-state index < -0.39 is 0 Å². The highest BCUT2D eigenvalue weighted by atomic mass is 16.5. The molecule has 0 atom stereocenters. The van der Waals surface area contributed by atoms with E-state index >= 15 is 0 Å². The van der Waals surface area contributed by atoms with E-state index in [1.165, 1.54) is 18.9 Å². The summed E-state index contributed by atoms with van der Waals surface area (Å²) >= 11 is 0. The number of rotatable bonds is 12. The van der Waals surface area contributed by atoms with Gasteiger partial charge in [0.2, 0.25) is 0 Å². The number of aldehydes is 1. The first-order chi connectivity index (χ1) is 12.1. The summed E-state index contributed by atoms with van der Waals surface area (Å²) < 4.78 is 5.36. The van der Waals surface area contributed by atoms with Crippen molar-refractivity contribution in [1.29, 1.82) is 0 Å². The van der Waals surface area contributed by atoms with Gasteiger partial charge in [0.15, 0.2) is 12.1 Å². The highest BCUT2D eigenvalue weighted by Crippen LogP contribution is 2.22. The molecule has 0 aliphatic carbocycles. The largest absolute Gasteiger partial charge is 0.426 e. The third kappa shape index (κ3) is 6.81. The lowest BCUT2D eigenvalue weighted by Crippen LogP contribution is -2.20. The molecule has 138 valence electrons. The standard InChI is InChI=1S/C21H30O4/c1-4-7-8-9-10-11-19(23)17-12-13-20(18(14-17)15-22)25-21(24)16(5-2)6-3/h12-16H,4-11H2,1-3H3. The molecule has 0 spiro atoms. The van der Waals surface area contributed by atoms with Gasteiger partial charge in [-0.2, -0.15) is 0 Å². The second kappa shape index (κ2) is 11.6. The van der Waals surface area contributed by atoms with Crippen molar-refractivity contribution in [3.8, 4) is 5.75 Å². The lowest BCUT2D eigenvalue weighted by molar-refractivity contribution is -0.139. The maximum absolute atomic E-state index is 12.3. The van der Waals surface area contributed by atoms with E-state index in [1.807, 2.05) is 13.8 Å². The van der Waals surface area contributed by atoms with E-state index in [0.29, 0.717) is 31.1 Å². The number of ether oxygens (including phenoxy) is 1. The van der Waals surface area contributed by atoms with Gasteiger partial charge in [-0.1, -0.05) is 46.5 Å². The summed E-state index contributed by atoms with van der Waals surface area (Å²) in [5.41, 5.74) is 0.746. The zero-order valence-electron chi connectivity index (χ0n) is 15.7. The third-order valence-electron chi connectivity index (χ3n) is 4.50. The number of unbranched alkanes of at least 4 members (excludes halogenated alkanes) is 4. The molecule has 0 fully saturated rings. The lowest BCUT2D eigenvalue weighted by Gasteiger charge is -2.13. The molecule has 0 aliphatic rings. The van der Waals surface area contributed by atoms with Gasteiger partial charge in [0.25, 0.3) is 0 Å². The molecule has 0 aliphatic heterocycles. The zero-order valence-corrected chi connectivity index (χ0v) is 15.7. The molecule has 25 heavy (non-hydrogen) atoms. The van der Waals surface area contributed by atoms with Crippen molar-refractivity contribution >= 4 is 18.0 Å². The van der Waals surface area contributed by atoms with Crippen LogP contribution in [0.5, 0.6) is 5.75 Å². The van der Waals surface area contributed by atoms with Crippen LogP contribution in [0.1, 0.15) is 92.9 Å². The van der Waals surface area contributed by atoms with Crippen LogP contribution in [0.4, 0.5) is 0 Å². The summed E-state index contributed by atoms with van der Waals surface area (Å²) in [6.45, 7) is 6.01. The predicted molar refractivity (Wildman–Crippen MR) is 99.2 cm³/mol. The van der Waals surface area contributed by atoms with E-state index in [1.54, 1.807) is 12.1 Å². The Kier molecular flexibility index (Phi) is 9.75. The Morgan fingerprint density at radius 1 is 1.04 bits per heavy atom. The van der Waals surface area contributed by atoms with Crippen molar-refractivity contribution in [3.05, 3.63) is 29.3 Å². The van der Waals surface area contributed by atoms with Crippen LogP contribution in [-0.4, -0.2) is 18.0 Å². The summed E-state index contributed by atoms with van der Waals surface area (Å²) in [7, 11) is 0. The summed E-state index contributed by atoms with van der Waals surface area (Å²) in [6.07, 6.45) is 7.93. The van der Waals surface area contributed by atoms with E-state index in [0.717, 1.165) is 19.3 Å². The lowest BCUT2D eigenvalue weighted by atomic mass is 10.0. The smallest absolute Gasteiger partial charge is 0.314 e. The molecule has 4 heteroatoms. The monoisotopic (exact) mass is 346 g/mol. The van der Waals surface area contributed by atoms with Crippen molar-refractivity contribution in [1.82, 2.24) is 0 Å². The molecule has 0 radical (unpaired) electrons. The SMILES string of the molecule is CCCCCCCC(=O)c1ccc(OC(=O)C(CC)CC)c(C=O)c1. The normalized spacial score (nSPS) is 10.7. The number of hydrogen-bond donors (Lipinski definition) is 0. The molecule has 0 saturated heterocycles. The van der Waals surface area contributed by atoms with Gasteiger partial charge < -0.3 is 4.74 Å². The number of Topliss-reactive ketones (excluding diaryl/α,β-unsaturated/α-hetero) is 1. The molecule has 0 bridgehead atoms. The molecule has 0 N–H and O–H groups in total. The van der Waals surface area contributed by atoms with Gasteiger partial charge >= 0.3 is 5.97 Å². The van der Waals surface area contributed by atoms with E-state index in [-0.39, 0.29) is 29.0 Å². The zero-order chi connectivity index (χ0) is 18.7. The van der Waals surface area contributed by atoms with Gasteiger partial charge in [-0.05, 0) is 37.5 Å². The fourth-order valence-corrected chi connectivity index (χ4v) is 2.75. The number of esters is 1. The van der Waals surface area contributed by atoms with Crippen LogP contribution in [0.25, 0.3) is 0 Å². The van der Waals surface area contributed by atoms with Gasteiger partial charge in [0, 0.05) is 12.0 Å². The predicted octanol–water partition coefficient (Wildman–Crippen LogP) is 5.38. The Balaban J connectivity index is 2.72. The fourth-order valence-electron chi connectivity index (χ4n) is 2.75. The van der Waals surface area contributed by atoms with Crippen molar-refractivity contribution in [2.24, 2.45) is 5.92 Å². The Morgan fingerprint density at radius 3 is 2.32 bits per heavy atom. The molecule has 0 amide bonds. The average Bonchev–Trinajstić information content (AvgIpc) is 2.62. The quantitative estimate of drug-likeness (QED) is 0.167. The van der Waals surface area contributed by atoms with Crippen molar-refractivity contribution in [3.63, 3.8) is 0 Å². The Labute approximate surface area is 151 Å². The average molecular weight is 346 g/mol. The van der Waals surface area contributed by atoms with Crippen LogP contribution in [0.15, 0.2) is 18.2 Å².